The highest BCUT2D eigenvalue weighted by Gasteiger charge is 2.14. The highest BCUT2D eigenvalue weighted by molar-refractivity contribution is 7.88. The third kappa shape index (κ3) is 6.93. The van der Waals surface area contributed by atoms with Gasteiger partial charge >= 0.3 is 16.3 Å². The summed E-state index contributed by atoms with van der Waals surface area (Å²) in [5.41, 5.74) is 0. The molecule has 0 bridgehead atoms. The summed E-state index contributed by atoms with van der Waals surface area (Å²) in [6.07, 6.45) is -1.01. The first kappa shape index (κ1) is 13.5. The molecule has 6 nitrogen and oxygen atoms in total. The lowest BCUT2D eigenvalue weighted by Crippen LogP contribution is -2.42. The summed E-state index contributed by atoms with van der Waals surface area (Å²) in [4.78, 5) is 10.7. The standard InChI is InChI=1S/C6H13ClN2O4S/c1-3-13-6(10)9-14(11,12)8-4-5(2)7/h5,8H,3-4H2,1-2H3,(H,9,10). The van der Waals surface area contributed by atoms with Crippen LogP contribution in [-0.4, -0.2) is 33.0 Å². The highest BCUT2D eigenvalue weighted by Crippen LogP contribution is 1.91. The molecule has 1 amide bonds. The van der Waals surface area contributed by atoms with E-state index >= 15 is 0 Å². The van der Waals surface area contributed by atoms with E-state index in [0.717, 1.165) is 0 Å². The van der Waals surface area contributed by atoms with Gasteiger partial charge in [0.15, 0.2) is 0 Å². The van der Waals surface area contributed by atoms with E-state index in [1.165, 1.54) is 0 Å². The van der Waals surface area contributed by atoms with Gasteiger partial charge in [-0.25, -0.2) is 9.52 Å². The highest BCUT2D eigenvalue weighted by atomic mass is 35.5. The van der Waals surface area contributed by atoms with E-state index < -0.39 is 16.3 Å². The number of hydrogen-bond acceptors (Lipinski definition) is 4. The number of carbonyl (C=O) groups is 1. The Balaban J connectivity index is 4.01. The van der Waals surface area contributed by atoms with Crippen LogP contribution in [-0.2, 0) is 14.9 Å². The van der Waals surface area contributed by atoms with Gasteiger partial charge in [-0.15, -0.1) is 11.6 Å². The van der Waals surface area contributed by atoms with Gasteiger partial charge in [0.1, 0.15) is 0 Å². The molecule has 0 aromatic heterocycles. The fraction of sp³-hybridized carbons (Fsp3) is 0.833. The monoisotopic (exact) mass is 244 g/mol. The number of hydrogen-bond donors (Lipinski definition) is 2. The summed E-state index contributed by atoms with van der Waals surface area (Å²) in [7, 11) is -3.86. The zero-order chi connectivity index (χ0) is 11.2. The zero-order valence-electron chi connectivity index (χ0n) is 7.91. The van der Waals surface area contributed by atoms with Crippen molar-refractivity contribution in [2.75, 3.05) is 13.2 Å². The molecular weight excluding hydrogens is 232 g/mol. The third-order valence-electron chi connectivity index (χ3n) is 1.05. The second-order valence-electron chi connectivity index (χ2n) is 2.46. The Morgan fingerprint density at radius 3 is 2.57 bits per heavy atom. The maximum atomic E-state index is 11.0. The van der Waals surface area contributed by atoms with E-state index in [4.69, 9.17) is 11.6 Å². The van der Waals surface area contributed by atoms with Gasteiger partial charge in [0.25, 0.3) is 0 Å². The third-order valence-corrected chi connectivity index (χ3v) is 2.18. The van der Waals surface area contributed by atoms with E-state index in [1.807, 2.05) is 0 Å². The summed E-state index contributed by atoms with van der Waals surface area (Å²) in [5.74, 6) is 0. The van der Waals surface area contributed by atoms with Crippen LogP contribution in [0.15, 0.2) is 0 Å². The van der Waals surface area contributed by atoms with Crippen molar-refractivity contribution in [1.82, 2.24) is 9.44 Å². The van der Waals surface area contributed by atoms with Gasteiger partial charge in [-0.3, -0.25) is 0 Å². The largest absolute Gasteiger partial charge is 0.449 e. The lowest BCUT2D eigenvalue weighted by molar-refractivity contribution is 0.158. The Bertz CT molecular complexity index is 278. The SMILES string of the molecule is CCOC(=O)NS(=O)(=O)NCC(C)Cl. The van der Waals surface area contributed by atoms with Crippen molar-refractivity contribution >= 4 is 27.9 Å². The first-order valence-corrected chi connectivity index (χ1v) is 5.87. The Morgan fingerprint density at radius 2 is 2.14 bits per heavy atom. The van der Waals surface area contributed by atoms with Gasteiger partial charge in [-0.05, 0) is 13.8 Å². The number of nitrogens with one attached hydrogen (secondary N) is 2. The van der Waals surface area contributed by atoms with Crippen LogP contribution in [0.3, 0.4) is 0 Å². The first-order valence-electron chi connectivity index (χ1n) is 3.95. The lowest BCUT2D eigenvalue weighted by Gasteiger charge is -2.08. The fourth-order valence-corrected chi connectivity index (χ4v) is 1.52. The number of carbonyl (C=O) groups excluding carboxylic acids is 1. The normalized spacial score (nSPS) is 13.4. The molecule has 0 radical (unpaired) electrons. The van der Waals surface area contributed by atoms with Gasteiger partial charge in [0, 0.05) is 11.9 Å². The predicted molar refractivity (Wildman–Crippen MR) is 52.4 cm³/mol. The number of alkyl halides is 1. The van der Waals surface area contributed by atoms with Gasteiger partial charge < -0.3 is 4.74 Å². The molecule has 0 heterocycles. The molecule has 84 valence electrons. The minimum Gasteiger partial charge on any atom is -0.449 e. The first-order chi connectivity index (χ1) is 6.37. The molecule has 0 saturated carbocycles. The maximum Gasteiger partial charge on any atom is 0.421 e. The summed E-state index contributed by atoms with van der Waals surface area (Å²) >= 11 is 5.51. The second-order valence-corrected chi connectivity index (χ2v) is 4.70. The van der Waals surface area contributed by atoms with Crippen molar-refractivity contribution in [3.63, 3.8) is 0 Å². The Morgan fingerprint density at radius 1 is 1.57 bits per heavy atom. The molecule has 2 N–H and O–H groups in total. The van der Waals surface area contributed by atoms with Crippen LogP contribution >= 0.6 is 11.6 Å². The molecule has 0 rings (SSSR count). The van der Waals surface area contributed by atoms with E-state index in [0.29, 0.717) is 0 Å². The second kappa shape index (κ2) is 6.05. The van der Waals surface area contributed by atoms with E-state index in [2.05, 4.69) is 9.46 Å². The molecule has 8 heteroatoms. The minimum absolute atomic E-state index is 0.0380. The average molecular weight is 245 g/mol. The Hall–Kier alpha value is -0.530. The van der Waals surface area contributed by atoms with Gasteiger partial charge in [-0.2, -0.15) is 13.1 Å². The summed E-state index contributed by atoms with van der Waals surface area (Å²) in [6, 6.07) is 0. The molecule has 0 aliphatic heterocycles. The van der Waals surface area contributed by atoms with E-state index in [-0.39, 0.29) is 18.5 Å². The molecule has 1 unspecified atom stereocenters. The van der Waals surface area contributed by atoms with Crippen LogP contribution in [0.5, 0.6) is 0 Å². The van der Waals surface area contributed by atoms with Crippen LogP contribution in [0.1, 0.15) is 13.8 Å². The van der Waals surface area contributed by atoms with Gasteiger partial charge in [-0.1, -0.05) is 0 Å². The molecular formula is C6H13ClN2O4S. The fourth-order valence-electron chi connectivity index (χ4n) is 0.531. The molecule has 0 aliphatic carbocycles. The topological polar surface area (TPSA) is 84.5 Å². The van der Waals surface area contributed by atoms with Crippen LogP contribution in [0.25, 0.3) is 0 Å². The van der Waals surface area contributed by atoms with Crippen LogP contribution in [0, 0.1) is 0 Å². The summed E-state index contributed by atoms with van der Waals surface area (Å²) < 4.78 is 30.2. The van der Waals surface area contributed by atoms with Crippen LogP contribution in [0.4, 0.5) is 4.79 Å². The Labute approximate surface area is 88.1 Å². The quantitative estimate of drug-likeness (QED) is 0.677. The number of ether oxygens (including phenoxy) is 1. The van der Waals surface area contributed by atoms with Crippen molar-refractivity contribution in [2.24, 2.45) is 0 Å². The molecule has 0 saturated heterocycles. The number of halogens is 1. The minimum atomic E-state index is -3.86. The molecule has 1 atom stereocenters. The van der Waals surface area contributed by atoms with Crippen LogP contribution < -0.4 is 9.44 Å². The Kier molecular flexibility index (Phi) is 5.82. The predicted octanol–water partition coefficient (Wildman–Crippen LogP) is 0.194. The van der Waals surface area contributed by atoms with Crippen molar-refractivity contribution in [1.29, 1.82) is 0 Å². The van der Waals surface area contributed by atoms with Crippen molar-refractivity contribution in [3.05, 3.63) is 0 Å². The average Bonchev–Trinajstić information content (AvgIpc) is 2.00. The van der Waals surface area contributed by atoms with E-state index in [1.54, 1.807) is 18.6 Å². The molecule has 0 aliphatic rings. The van der Waals surface area contributed by atoms with Crippen LogP contribution in [0.2, 0.25) is 0 Å². The smallest absolute Gasteiger partial charge is 0.421 e. The zero-order valence-corrected chi connectivity index (χ0v) is 9.48. The molecule has 0 aromatic carbocycles. The molecule has 0 aromatic rings. The number of amides is 1. The summed E-state index contributed by atoms with van der Waals surface area (Å²) in [6.45, 7) is 3.33. The lowest BCUT2D eigenvalue weighted by atomic mass is 10.5. The maximum absolute atomic E-state index is 11.0. The number of rotatable bonds is 5. The van der Waals surface area contributed by atoms with Crippen molar-refractivity contribution < 1.29 is 17.9 Å². The molecule has 0 fully saturated rings. The van der Waals surface area contributed by atoms with Gasteiger partial charge in [0.05, 0.1) is 6.61 Å². The van der Waals surface area contributed by atoms with Gasteiger partial charge in [0.2, 0.25) is 0 Å². The summed E-state index contributed by atoms with van der Waals surface area (Å²) in [5, 5.41) is -0.353. The molecule has 0 spiro atoms. The van der Waals surface area contributed by atoms with Crippen molar-refractivity contribution in [3.8, 4) is 0 Å². The molecule has 14 heavy (non-hydrogen) atoms. The van der Waals surface area contributed by atoms with Crippen molar-refractivity contribution in [2.45, 2.75) is 19.2 Å². The van der Waals surface area contributed by atoms with E-state index in [9.17, 15) is 13.2 Å².